The molecule has 5 nitrogen and oxygen atoms in total. The summed E-state index contributed by atoms with van der Waals surface area (Å²) < 4.78 is 0.987. The Kier molecular flexibility index (Phi) is 5.22. The molecular weight excluding hydrogens is 380 g/mol. The molecule has 8 heteroatoms. The fourth-order valence-electron chi connectivity index (χ4n) is 1.57. The molecule has 21 heavy (non-hydrogen) atoms. The van der Waals surface area contributed by atoms with E-state index in [0.29, 0.717) is 12.2 Å². The lowest BCUT2D eigenvalue weighted by Gasteiger charge is -2.08. The van der Waals surface area contributed by atoms with Gasteiger partial charge in [-0.2, -0.15) is 0 Å². The molecule has 2 amide bonds. The van der Waals surface area contributed by atoms with Gasteiger partial charge >= 0.3 is 12.0 Å². The van der Waals surface area contributed by atoms with Crippen LogP contribution in [0.1, 0.15) is 15.2 Å². The van der Waals surface area contributed by atoms with Crippen molar-refractivity contribution in [2.75, 3.05) is 5.32 Å². The van der Waals surface area contributed by atoms with Gasteiger partial charge in [0.05, 0.1) is 15.9 Å². The second-order valence-corrected chi connectivity index (χ2v) is 7.03. The first kappa shape index (κ1) is 15.8. The van der Waals surface area contributed by atoms with Gasteiger partial charge in [-0.15, -0.1) is 11.3 Å². The van der Waals surface area contributed by atoms with Gasteiger partial charge in [-0.3, -0.25) is 0 Å². The largest absolute Gasteiger partial charge is 0.478 e. The van der Waals surface area contributed by atoms with Crippen LogP contribution in [0, 0.1) is 0 Å². The number of aromatic carboxylic acids is 1. The van der Waals surface area contributed by atoms with Gasteiger partial charge in [-0.05, 0) is 46.3 Å². The number of halogens is 2. The van der Waals surface area contributed by atoms with Gasteiger partial charge in [-0.1, -0.05) is 11.6 Å². The second kappa shape index (κ2) is 6.93. The topological polar surface area (TPSA) is 78.4 Å². The molecule has 1 heterocycles. The highest BCUT2D eigenvalue weighted by molar-refractivity contribution is 9.11. The zero-order chi connectivity index (χ0) is 15.4. The Bertz CT molecular complexity index is 690. The Hall–Kier alpha value is -1.57. The zero-order valence-corrected chi connectivity index (χ0v) is 13.7. The van der Waals surface area contributed by atoms with E-state index in [4.69, 9.17) is 16.7 Å². The molecule has 0 unspecified atom stereocenters. The minimum atomic E-state index is -1.11. The molecule has 0 spiro atoms. The van der Waals surface area contributed by atoms with Gasteiger partial charge in [-0.25, -0.2) is 9.59 Å². The van der Waals surface area contributed by atoms with Crippen LogP contribution in [0.3, 0.4) is 0 Å². The van der Waals surface area contributed by atoms with E-state index in [1.165, 1.54) is 29.5 Å². The number of carboxylic acids is 1. The van der Waals surface area contributed by atoms with Crippen LogP contribution >= 0.6 is 38.9 Å². The van der Waals surface area contributed by atoms with Crippen molar-refractivity contribution in [1.82, 2.24) is 5.32 Å². The number of hydrogen-bond acceptors (Lipinski definition) is 3. The smallest absolute Gasteiger partial charge is 0.335 e. The summed E-state index contributed by atoms with van der Waals surface area (Å²) in [5.74, 6) is -1.11. The first-order chi connectivity index (χ1) is 9.94. The summed E-state index contributed by atoms with van der Waals surface area (Å²) in [6, 6.07) is 7.51. The summed E-state index contributed by atoms with van der Waals surface area (Å²) in [6.45, 7) is 0.383. The molecule has 0 aliphatic carbocycles. The van der Waals surface area contributed by atoms with Crippen LogP contribution in [0.4, 0.5) is 10.5 Å². The first-order valence-corrected chi connectivity index (χ1v) is 7.76. The minimum Gasteiger partial charge on any atom is -0.478 e. The molecule has 0 atom stereocenters. The maximum absolute atomic E-state index is 11.8. The second-order valence-electron chi connectivity index (χ2n) is 4.05. The summed E-state index contributed by atoms with van der Waals surface area (Å²) in [6.07, 6.45) is 0. The van der Waals surface area contributed by atoms with Gasteiger partial charge in [0.2, 0.25) is 0 Å². The lowest BCUT2D eigenvalue weighted by Crippen LogP contribution is -2.27. The summed E-state index contributed by atoms with van der Waals surface area (Å²) in [5.41, 5.74) is 0.338. The van der Waals surface area contributed by atoms with E-state index in [1.807, 2.05) is 12.1 Å². The van der Waals surface area contributed by atoms with E-state index < -0.39 is 12.0 Å². The molecule has 1 aromatic carbocycles. The number of carbonyl (C=O) groups excluding carboxylic acids is 1. The molecule has 0 aliphatic rings. The maximum Gasteiger partial charge on any atom is 0.335 e. The van der Waals surface area contributed by atoms with E-state index in [1.54, 1.807) is 0 Å². The van der Waals surface area contributed by atoms with Crippen LogP contribution < -0.4 is 10.6 Å². The molecule has 0 aliphatic heterocycles. The van der Waals surface area contributed by atoms with E-state index in [-0.39, 0.29) is 10.6 Å². The molecule has 2 aromatic rings. The van der Waals surface area contributed by atoms with Crippen LogP contribution in [0.2, 0.25) is 5.02 Å². The molecule has 1 aromatic heterocycles. The van der Waals surface area contributed by atoms with Crippen molar-refractivity contribution in [3.05, 3.63) is 49.6 Å². The predicted octanol–water partition coefficient (Wildman–Crippen LogP) is 4.18. The van der Waals surface area contributed by atoms with Crippen LogP contribution in [0.25, 0.3) is 0 Å². The number of hydrogen-bond donors (Lipinski definition) is 3. The Morgan fingerprint density at radius 2 is 2.05 bits per heavy atom. The third-order valence-corrected chi connectivity index (χ3v) is 4.30. The Morgan fingerprint density at radius 1 is 1.29 bits per heavy atom. The number of rotatable bonds is 4. The van der Waals surface area contributed by atoms with Crippen LogP contribution in [0.5, 0.6) is 0 Å². The number of amides is 2. The van der Waals surface area contributed by atoms with E-state index >= 15 is 0 Å². The number of thiophene rings is 1. The zero-order valence-electron chi connectivity index (χ0n) is 10.5. The van der Waals surface area contributed by atoms with Gasteiger partial charge in [0.25, 0.3) is 0 Å². The van der Waals surface area contributed by atoms with Crippen molar-refractivity contribution in [1.29, 1.82) is 0 Å². The van der Waals surface area contributed by atoms with E-state index in [9.17, 15) is 9.59 Å². The number of carboxylic acid groups (broad SMARTS) is 1. The quantitative estimate of drug-likeness (QED) is 0.734. The van der Waals surface area contributed by atoms with E-state index in [0.717, 1.165) is 8.66 Å². The Labute approximate surface area is 138 Å². The highest BCUT2D eigenvalue weighted by Gasteiger charge is 2.09. The fourth-order valence-corrected chi connectivity index (χ4v) is 3.23. The van der Waals surface area contributed by atoms with E-state index in [2.05, 4.69) is 26.6 Å². The molecule has 3 N–H and O–H groups in total. The SMILES string of the molecule is O=C(NCc1ccc(Br)s1)Nc1cc(Cl)cc(C(=O)O)c1. The van der Waals surface area contributed by atoms with Gasteiger partial charge in [0.15, 0.2) is 0 Å². The number of benzene rings is 1. The monoisotopic (exact) mass is 388 g/mol. The molecule has 0 saturated heterocycles. The lowest BCUT2D eigenvalue weighted by molar-refractivity contribution is 0.0697. The average Bonchev–Trinajstić information content (AvgIpc) is 2.81. The highest BCUT2D eigenvalue weighted by atomic mass is 79.9. The summed E-state index contributed by atoms with van der Waals surface area (Å²) >= 11 is 10.7. The van der Waals surface area contributed by atoms with Gasteiger partial charge in [0, 0.05) is 15.6 Å². The van der Waals surface area contributed by atoms with Crippen molar-refractivity contribution in [2.45, 2.75) is 6.54 Å². The molecule has 0 bridgehead atoms. The Morgan fingerprint density at radius 3 is 2.67 bits per heavy atom. The van der Waals surface area contributed by atoms with Gasteiger partial charge < -0.3 is 15.7 Å². The predicted molar refractivity (Wildman–Crippen MR) is 86.3 cm³/mol. The summed E-state index contributed by atoms with van der Waals surface area (Å²) in [7, 11) is 0. The standard InChI is InChI=1S/C13H10BrClN2O3S/c14-11-2-1-10(21-11)6-16-13(20)17-9-4-7(12(18)19)3-8(15)5-9/h1-5H,6H2,(H,18,19)(H2,16,17,20). The maximum atomic E-state index is 11.8. The number of carbonyl (C=O) groups is 2. The molecule has 2 rings (SSSR count). The Balaban J connectivity index is 1.97. The highest BCUT2D eigenvalue weighted by Crippen LogP contribution is 2.22. The molecule has 0 fully saturated rings. The fraction of sp³-hybridized carbons (Fsp3) is 0.0769. The van der Waals surface area contributed by atoms with Crippen molar-refractivity contribution >= 4 is 56.6 Å². The average molecular weight is 390 g/mol. The van der Waals surface area contributed by atoms with Crippen molar-refractivity contribution in [3.63, 3.8) is 0 Å². The number of nitrogens with one attached hydrogen (secondary N) is 2. The third kappa shape index (κ3) is 4.73. The summed E-state index contributed by atoms with van der Waals surface area (Å²) in [5, 5.41) is 14.4. The minimum absolute atomic E-state index is 0.0139. The van der Waals surface area contributed by atoms with Gasteiger partial charge in [0.1, 0.15) is 0 Å². The van der Waals surface area contributed by atoms with Crippen LogP contribution in [-0.4, -0.2) is 17.1 Å². The molecule has 0 saturated carbocycles. The van der Waals surface area contributed by atoms with Crippen LogP contribution in [-0.2, 0) is 6.54 Å². The first-order valence-electron chi connectivity index (χ1n) is 5.77. The number of urea groups is 1. The molecular formula is C13H10BrClN2O3S. The molecule has 110 valence electrons. The van der Waals surface area contributed by atoms with Crippen molar-refractivity contribution in [3.8, 4) is 0 Å². The van der Waals surface area contributed by atoms with Crippen molar-refractivity contribution in [2.24, 2.45) is 0 Å². The normalized spacial score (nSPS) is 10.2. The van der Waals surface area contributed by atoms with Crippen molar-refractivity contribution < 1.29 is 14.7 Å². The number of anilines is 1. The summed E-state index contributed by atoms with van der Waals surface area (Å²) in [4.78, 5) is 23.7. The lowest BCUT2D eigenvalue weighted by atomic mass is 10.2. The molecule has 0 radical (unpaired) electrons. The third-order valence-electron chi connectivity index (χ3n) is 2.45. The van der Waals surface area contributed by atoms with Crippen LogP contribution in [0.15, 0.2) is 34.1 Å².